The molecule has 0 fully saturated rings. The third kappa shape index (κ3) is 4.51. The van der Waals surface area contributed by atoms with E-state index in [0.717, 1.165) is 11.4 Å². The van der Waals surface area contributed by atoms with Crippen molar-refractivity contribution < 1.29 is 0 Å². The lowest BCUT2D eigenvalue weighted by atomic mass is 9.68. The van der Waals surface area contributed by atoms with Crippen LogP contribution in [-0.2, 0) is 5.41 Å². The van der Waals surface area contributed by atoms with E-state index in [4.69, 9.17) is 4.98 Å². The second-order valence-electron chi connectivity index (χ2n) is 15.1. The predicted molar refractivity (Wildman–Crippen MR) is 236 cm³/mol. The van der Waals surface area contributed by atoms with Gasteiger partial charge < -0.3 is 9.13 Å². The van der Waals surface area contributed by atoms with Crippen molar-refractivity contribution in [2.24, 2.45) is 0 Å². The molecule has 3 nitrogen and oxygen atoms in total. The maximum atomic E-state index is 5.09. The van der Waals surface area contributed by atoms with Gasteiger partial charge in [-0.25, -0.2) is 0 Å². The van der Waals surface area contributed by atoms with Crippen LogP contribution in [0.3, 0.4) is 0 Å². The van der Waals surface area contributed by atoms with E-state index in [-0.39, 0.29) is 0 Å². The van der Waals surface area contributed by atoms with Crippen LogP contribution in [0.15, 0.2) is 212 Å². The van der Waals surface area contributed by atoms with E-state index in [1.807, 2.05) is 6.20 Å². The Kier molecular flexibility index (Phi) is 6.84. The van der Waals surface area contributed by atoms with E-state index in [9.17, 15) is 0 Å². The summed E-state index contributed by atoms with van der Waals surface area (Å²) < 4.78 is 4.80. The van der Waals surface area contributed by atoms with Crippen LogP contribution in [0.2, 0.25) is 0 Å². The standard InChI is InChI=1S/C54H35N3/c1-4-15-38(16-5-1)54(39-17-6-2-7-18-39)47-29-28-41(35-46(47)53-48(54)23-14-32-55-53)57-50-25-13-11-22-43(50)45-34-37(27-31-52(45)57)36-26-30-51-44(33-36)42-21-10-12-24-49(42)56(51)40-19-8-3-9-20-40/h1-35H. The minimum atomic E-state index is -0.482. The van der Waals surface area contributed by atoms with Crippen molar-refractivity contribution in [2.75, 3.05) is 0 Å². The van der Waals surface area contributed by atoms with Gasteiger partial charge in [-0.3, -0.25) is 4.98 Å². The van der Waals surface area contributed by atoms with Crippen LogP contribution in [0.25, 0.3) is 77.4 Å². The van der Waals surface area contributed by atoms with Crippen LogP contribution < -0.4 is 0 Å². The molecule has 0 amide bonds. The summed E-state index contributed by atoms with van der Waals surface area (Å²) in [6.07, 6.45) is 1.93. The Labute approximate surface area is 330 Å². The van der Waals surface area contributed by atoms with Gasteiger partial charge in [-0.2, -0.15) is 0 Å². The average Bonchev–Trinajstić information content (AvgIpc) is 3.91. The molecule has 1 aliphatic rings. The fourth-order valence-corrected chi connectivity index (χ4v) is 9.87. The maximum absolute atomic E-state index is 5.09. The Morgan fingerprint density at radius 3 is 1.46 bits per heavy atom. The fraction of sp³-hybridized carbons (Fsp3) is 0.0185. The number of fused-ring (bicyclic) bond motifs is 9. The number of aromatic nitrogens is 3. The van der Waals surface area contributed by atoms with Gasteiger partial charge in [-0.15, -0.1) is 0 Å². The summed E-state index contributed by atoms with van der Waals surface area (Å²) in [6, 6.07) is 75.3. The molecule has 11 aromatic rings. The maximum Gasteiger partial charge on any atom is 0.0753 e. The Balaban J connectivity index is 1.04. The molecule has 0 saturated carbocycles. The lowest BCUT2D eigenvalue weighted by molar-refractivity contribution is 0.766. The highest BCUT2D eigenvalue weighted by Crippen LogP contribution is 2.56. The summed E-state index contributed by atoms with van der Waals surface area (Å²) in [5, 5.41) is 4.98. The van der Waals surface area contributed by atoms with Gasteiger partial charge in [0.05, 0.1) is 33.2 Å². The van der Waals surface area contributed by atoms with Gasteiger partial charge in [0.15, 0.2) is 0 Å². The molecule has 0 saturated heterocycles. The highest BCUT2D eigenvalue weighted by Gasteiger charge is 2.46. The van der Waals surface area contributed by atoms with Gasteiger partial charge in [0.1, 0.15) is 0 Å². The molecule has 8 aromatic carbocycles. The first-order valence-corrected chi connectivity index (χ1v) is 19.6. The normalized spacial score (nSPS) is 13.1. The van der Waals surface area contributed by atoms with Crippen LogP contribution in [-0.4, -0.2) is 14.1 Å². The minimum Gasteiger partial charge on any atom is -0.309 e. The molecule has 12 rings (SSSR count). The van der Waals surface area contributed by atoms with Crippen LogP contribution in [0.5, 0.6) is 0 Å². The van der Waals surface area contributed by atoms with Crippen molar-refractivity contribution in [3.63, 3.8) is 0 Å². The van der Waals surface area contributed by atoms with Crippen LogP contribution in [0.4, 0.5) is 0 Å². The largest absolute Gasteiger partial charge is 0.309 e. The zero-order valence-electron chi connectivity index (χ0n) is 31.0. The molecule has 0 aliphatic heterocycles. The van der Waals surface area contributed by atoms with Crippen molar-refractivity contribution in [3.05, 3.63) is 235 Å². The fourth-order valence-electron chi connectivity index (χ4n) is 9.87. The zero-order valence-corrected chi connectivity index (χ0v) is 31.0. The van der Waals surface area contributed by atoms with E-state index in [2.05, 4.69) is 215 Å². The molecule has 3 heteroatoms. The van der Waals surface area contributed by atoms with E-state index < -0.39 is 5.41 Å². The summed E-state index contributed by atoms with van der Waals surface area (Å²) in [5.41, 5.74) is 16.1. The lowest BCUT2D eigenvalue weighted by Crippen LogP contribution is -2.28. The van der Waals surface area contributed by atoms with Gasteiger partial charge in [0.25, 0.3) is 0 Å². The highest BCUT2D eigenvalue weighted by molar-refractivity contribution is 6.12. The third-order valence-corrected chi connectivity index (χ3v) is 12.2. The van der Waals surface area contributed by atoms with Crippen molar-refractivity contribution in [3.8, 4) is 33.8 Å². The molecule has 57 heavy (non-hydrogen) atoms. The van der Waals surface area contributed by atoms with Crippen molar-refractivity contribution >= 4 is 43.6 Å². The van der Waals surface area contributed by atoms with Crippen LogP contribution in [0.1, 0.15) is 22.3 Å². The molecule has 3 aromatic heterocycles. The van der Waals surface area contributed by atoms with E-state index in [1.54, 1.807) is 0 Å². The summed E-state index contributed by atoms with van der Waals surface area (Å²) in [7, 11) is 0. The number of hydrogen-bond acceptors (Lipinski definition) is 1. The third-order valence-electron chi connectivity index (χ3n) is 12.2. The lowest BCUT2D eigenvalue weighted by Gasteiger charge is -2.33. The van der Waals surface area contributed by atoms with Crippen LogP contribution in [0, 0.1) is 0 Å². The smallest absolute Gasteiger partial charge is 0.0753 e. The number of nitrogens with zero attached hydrogens (tertiary/aromatic N) is 3. The van der Waals surface area contributed by atoms with Crippen molar-refractivity contribution in [1.29, 1.82) is 0 Å². The molecule has 0 radical (unpaired) electrons. The van der Waals surface area contributed by atoms with Gasteiger partial charge >= 0.3 is 0 Å². The van der Waals surface area contributed by atoms with Gasteiger partial charge in [0, 0.05) is 44.7 Å². The van der Waals surface area contributed by atoms with Gasteiger partial charge in [0.2, 0.25) is 0 Å². The SMILES string of the molecule is c1ccc(-n2c3ccccc3c3cc(-c4ccc5c(c4)c4ccccc4n5-c4ccc5c(c4)-c4ncccc4C5(c4ccccc4)c4ccccc4)ccc32)cc1. The number of hydrogen-bond donors (Lipinski definition) is 0. The van der Waals surface area contributed by atoms with E-state index in [1.165, 1.54) is 88.2 Å². The van der Waals surface area contributed by atoms with Crippen molar-refractivity contribution in [2.45, 2.75) is 5.41 Å². The van der Waals surface area contributed by atoms with Gasteiger partial charge in [-0.05, 0) is 100 Å². The second-order valence-corrected chi connectivity index (χ2v) is 15.1. The molecule has 0 atom stereocenters. The first-order valence-electron chi connectivity index (χ1n) is 19.6. The Morgan fingerprint density at radius 2 is 0.860 bits per heavy atom. The molecule has 3 heterocycles. The molecule has 266 valence electrons. The Morgan fingerprint density at radius 1 is 0.351 bits per heavy atom. The first kappa shape index (κ1) is 31.8. The predicted octanol–water partition coefficient (Wildman–Crippen LogP) is 13.3. The number of para-hydroxylation sites is 3. The topological polar surface area (TPSA) is 22.8 Å². The number of pyridine rings is 1. The zero-order chi connectivity index (χ0) is 37.5. The molecule has 1 aliphatic carbocycles. The average molecular weight is 726 g/mol. The monoisotopic (exact) mass is 725 g/mol. The molecular formula is C54H35N3. The van der Waals surface area contributed by atoms with Crippen molar-refractivity contribution in [1.82, 2.24) is 14.1 Å². The first-order chi connectivity index (χ1) is 28.3. The molecule has 0 N–H and O–H groups in total. The molecule has 0 bridgehead atoms. The summed E-state index contributed by atoms with van der Waals surface area (Å²) in [6.45, 7) is 0. The summed E-state index contributed by atoms with van der Waals surface area (Å²) >= 11 is 0. The highest BCUT2D eigenvalue weighted by atomic mass is 15.0. The van der Waals surface area contributed by atoms with E-state index >= 15 is 0 Å². The Bertz CT molecular complexity index is 3300. The summed E-state index contributed by atoms with van der Waals surface area (Å²) in [5.74, 6) is 0. The summed E-state index contributed by atoms with van der Waals surface area (Å²) in [4.78, 5) is 5.09. The molecule has 0 spiro atoms. The minimum absolute atomic E-state index is 0.482. The quantitative estimate of drug-likeness (QED) is 0.173. The number of rotatable bonds is 5. The van der Waals surface area contributed by atoms with E-state index in [0.29, 0.717) is 0 Å². The molecular weight excluding hydrogens is 691 g/mol. The second kappa shape index (κ2) is 12.3. The Hall–Kier alpha value is -7.49. The van der Waals surface area contributed by atoms with Gasteiger partial charge in [-0.1, -0.05) is 140 Å². The molecule has 0 unspecified atom stereocenters. The number of benzene rings is 8. The van der Waals surface area contributed by atoms with Crippen LogP contribution >= 0.6 is 0 Å².